The summed E-state index contributed by atoms with van der Waals surface area (Å²) in [6.45, 7) is 1.96. The van der Waals surface area contributed by atoms with Crippen molar-refractivity contribution in [3.8, 4) is 0 Å². The average molecular weight is 276 g/mol. The molecule has 0 aromatic heterocycles. The zero-order chi connectivity index (χ0) is 12.9. The first-order valence-electron chi connectivity index (χ1n) is 5.75. The summed E-state index contributed by atoms with van der Waals surface area (Å²) in [5, 5.41) is 9.16. The lowest BCUT2D eigenvalue weighted by molar-refractivity contribution is -0.143. The van der Waals surface area contributed by atoms with Gasteiger partial charge in [-0.1, -0.05) is 38.0 Å². The summed E-state index contributed by atoms with van der Waals surface area (Å²) in [4.78, 5) is 11.2. The zero-order valence-corrected chi connectivity index (χ0v) is 11.2. The Kier molecular flexibility index (Phi) is 6.88. The van der Waals surface area contributed by atoms with Gasteiger partial charge in [-0.3, -0.25) is 4.79 Å². The molecule has 1 rings (SSSR count). The maximum atomic E-state index is 13.5. The molecule has 0 aliphatic rings. The summed E-state index contributed by atoms with van der Waals surface area (Å²) in [6, 6.07) is 6.15. The van der Waals surface area contributed by atoms with Gasteiger partial charge in [0.25, 0.3) is 0 Å². The van der Waals surface area contributed by atoms with E-state index in [-0.39, 0.29) is 18.8 Å². The zero-order valence-electron chi connectivity index (χ0n) is 10.4. The minimum atomic E-state index is -1.38. The molecule has 18 heavy (non-hydrogen) atoms. The van der Waals surface area contributed by atoms with Crippen LogP contribution in [-0.4, -0.2) is 16.6 Å². The summed E-state index contributed by atoms with van der Waals surface area (Å²) >= 11 is 0. The second-order valence-electron chi connectivity index (χ2n) is 4.33. The summed E-state index contributed by atoms with van der Waals surface area (Å²) < 4.78 is 13.5. The van der Waals surface area contributed by atoms with Crippen LogP contribution in [0, 0.1) is 5.82 Å². The van der Waals surface area contributed by atoms with Gasteiger partial charge in [0.15, 0.2) is 0 Å². The molecule has 0 saturated heterocycles. The SMILES string of the molecule is CCCC[C@@](N)(Cc1ccccc1F)C(=O)O.Cl. The predicted octanol–water partition coefficient (Wildman–Crippen LogP) is 2.76. The molecule has 1 aromatic rings. The van der Waals surface area contributed by atoms with Crippen LogP contribution in [0.4, 0.5) is 4.39 Å². The van der Waals surface area contributed by atoms with Crippen LogP contribution >= 0.6 is 12.4 Å². The summed E-state index contributed by atoms with van der Waals surface area (Å²) in [5.74, 6) is -1.48. The van der Waals surface area contributed by atoms with E-state index in [1.807, 2.05) is 6.92 Å². The van der Waals surface area contributed by atoms with Gasteiger partial charge in [-0.15, -0.1) is 12.4 Å². The van der Waals surface area contributed by atoms with E-state index in [4.69, 9.17) is 10.8 Å². The molecule has 0 aliphatic carbocycles. The third kappa shape index (κ3) is 4.27. The number of unbranched alkanes of at least 4 members (excludes halogenated alkanes) is 1. The maximum absolute atomic E-state index is 13.5. The second kappa shape index (κ2) is 7.34. The first-order chi connectivity index (χ1) is 7.99. The molecule has 0 bridgehead atoms. The maximum Gasteiger partial charge on any atom is 0.324 e. The Morgan fingerprint density at radius 1 is 1.44 bits per heavy atom. The van der Waals surface area contributed by atoms with Crippen LogP contribution in [0.3, 0.4) is 0 Å². The highest BCUT2D eigenvalue weighted by molar-refractivity contribution is 5.85. The smallest absolute Gasteiger partial charge is 0.324 e. The number of carboxylic acid groups (broad SMARTS) is 1. The Hall–Kier alpha value is -1.13. The van der Waals surface area contributed by atoms with Crippen molar-refractivity contribution < 1.29 is 14.3 Å². The summed E-state index contributed by atoms with van der Waals surface area (Å²) in [6.07, 6.45) is 1.96. The van der Waals surface area contributed by atoms with Gasteiger partial charge < -0.3 is 10.8 Å². The lowest BCUT2D eigenvalue weighted by Gasteiger charge is -2.24. The molecule has 3 nitrogen and oxygen atoms in total. The molecule has 0 radical (unpaired) electrons. The van der Waals surface area contributed by atoms with E-state index < -0.39 is 17.3 Å². The molecule has 0 aliphatic heterocycles. The molecular weight excluding hydrogens is 257 g/mol. The van der Waals surface area contributed by atoms with Crippen LogP contribution in [0.2, 0.25) is 0 Å². The fourth-order valence-electron chi connectivity index (χ4n) is 1.74. The highest BCUT2D eigenvalue weighted by atomic mass is 35.5. The fourth-order valence-corrected chi connectivity index (χ4v) is 1.74. The molecule has 0 spiro atoms. The van der Waals surface area contributed by atoms with Gasteiger partial charge in [-0.25, -0.2) is 4.39 Å². The summed E-state index contributed by atoms with van der Waals surface area (Å²) in [5.41, 5.74) is 4.84. The third-order valence-electron chi connectivity index (χ3n) is 2.87. The van der Waals surface area contributed by atoms with Crippen LogP contribution < -0.4 is 5.73 Å². The number of nitrogens with two attached hydrogens (primary N) is 1. The van der Waals surface area contributed by atoms with E-state index in [1.54, 1.807) is 18.2 Å². The van der Waals surface area contributed by atoms with Crippen LogP contribution in [0.5, 0.6) is 0 Å². The number of carbonyl (C=O) groups is 1. The molecule has 1 atom stereocenters. The molecule has 0 unspecified atom stereocenters. The number of halogens is 2. The Bertz CT molecular complexity index is 400. The normalized spacial score (nSPS) is 13.5. The van der Waals surface area contributed by atoms with Crippen molar-refractivity contribution in [3.63, 3.8) is 0 Å². The van der Waals surface area contributed by atoms with E-state index >= 15 is 0 Å². The van der Waals surface area contributed by atoms with Gasteiger partial charge in [0, 0.05) is 6.42 Å². The molecule has 0 fully saturated rings. The van der Waals surface area contributed by atoms with Gasteiger partial charge in [-0.2, -0.15) is 0 Å². The van der Waals surface area contributed by atoms with Crippen molar-refractivity contribution in [2.75, 3.05) is 0 Å². The van der Waals surface area contributed by atoms with Crippen LogP contribution in [0.1, 0.15) is 31.7 Å². The molecule has 1 aromatic carbocycles. The number of rotatable bonds is 6. The Morgan fingerprint density at radius 2 is 2.06 bits per heavy atom. The van der Waals surface area contributed by atoms with E-state index in [1.165, 1.54) is 6.07 Å². The fraction of sp³-hybridized carbons (Fsp3) is 0.462. The van der Waals surface area contributed by atoms with Crippen LogP contribution in [0.15, 0.2) is 24.3 Å². The third-order valence-corrected chi connectivity index (χ3v) is 2.87. The number of carboxylic acids is 1. The largest absolute Gasteiger partial charge is 0.480 e. The van der Waals surface area contributed by atoms with Gasteiger partial charge in [-0.05, 0) is 18.1 Å². The minimum absolute atomic E-state index is 0. The second-order valence-corrected chi connectivity index (χ2v) is 4.33. The molecule has 3 N–H and O–H groups in total. The quantitative estimate of drug-likeness (QED) is 0.839. The molecule has 0 saturated carbocycles. The molecule has 0 heterocycles. The number of benzene rings is 1. The van der Waals surface area contributed by atoms with Gasteiger partial charge in [0.2, 0.25) is 0 Å². The van der Waals surface area contributed by atoms with E-state index in [2.05, 4.69) is 0 Å². The highest BCUT2D eigenvalue weighted by Gasteiger charge is 2.34. The van der Waals surface area contributed by atoms with Gasteiger partial charge in [0.1, 0.15) is 11.4 Å². The summed E-state index contributed by atoms with van der Waals surface area (Å²) in [7, 11) is 0. The average Bonchev–Trinajstić information content (AvgIpc) is 2.29. The first kappa shape index (κ1) is 16.9. The van der Waals surface area contributed by atoms with Crippen molar-refractivity contribution in [1.29, 1.82) is 0 Å². The van der Waals surface area contributed by atoms with Crippen LogP contribution in [0.25, 0.3) is 0 Å². The van der Waals surface area contributed by atoms with E-state index in [0.29, 0.717) is 12.0 Å². The molecule has 0 amide bonds. The van der Waals surface area contributed by atoms with Crippen molar-refractivity contribution in [1.82, 2.24) is 0 Å². The monoisotopic (exact) mass is 275 g/mol. The predicted molar refractivity (Wildman–Crippen MR) is 71.4 cm³/mol. The highest BCUT2D eigenvalue weighted by Crippen LogP contribution is 2.20. The minimum Gasteiger partial charge on any atom is -0.480 e. The lowest BCUT2D eigenvalue weighted by atomic mass is 9.87. The van der Waals surface area contributed by atoms with E-state index in [0.717, 1.165) is 12.8 Å². The van der Waals surface area contributed by atoms with Crippen molar-refractivity contribution >= 4 is 18.4 Å². The Labute approximate surface area is 113 Å². The Balaban J connectivity index is 0.00000289. The topological polar surface area (TPSA) is 63.3 Å². The number of aliphatic carboxylic acids is 1. The lowest BCUT2D eigenvalue weighted by Crippen LogP contribution is -2.50. The number of hydrogen-bond acceptors (Lipinski definition) is 2. The standard InChI is InChI=1S/C13H18FNO2.ClH/c1-2-3-8-13(15,12(16)17)9-10-6-4-5-7-11(10)14;/h4-7H,2-3,8-9,15H2,1H3,(H,16,17);1H/t13-;/m1./s1. The molecule has 5 heteroatoms. The van der Waals surface area contributed by atoms with Crippen molar-refractivity contribution in [3.05, 3.63) is 35.6 Å². The Morgan fingerprint density at radius 3 is 2.56 bits per heavy atom. The van der Waals surface area contributed by atoms with Crippen molar-refractivity contribution in [2.45, 2.75) is 38.1 Å². The molecule has 102 valence electrons. The first-order valence-corrected chi connectivity index (χ1v) is 5.75. The van der Waals surface area contributed by atoms with Crippen molar-refractivity contribution in [2.24, 2.45) is 5.73 Å². The van der Waals surface area contributed by atoms with Crippen LogP contribution in [-0.2, 0) is 11.2 Å². The van der Waals surface area contributed by atoms with E-state index in [9.17, 15) is 9.18 Å². The van der Waals surface area contributed by atoms with Gasteiger partial charge in [0.05, 0.1) is 0 Å². The van der Waals surface area contributed by atoms with Gasteiger partial charge >= 0.3 is 5.97 Å². The molecular formula is C13H19ClFNO2. The number of hydrogen-bond donors (Lipinski definition) is 2.